The second kappa shape index (κ2) is 5.42. The van der Waals surface area contributed by atoms with Crippen LogP contribution in [0.5, 0.6) is 11.8 Å². The number of rotatable bonds is 3. The molecule has 0 aliphatic rings. The lowest BCUT2D eigenvalue weighted by Crippen LogP contribution is -1.98. The minimum absolute atomic E-state index is 0.119. The molecule has 0 amide bonds. The number of nitrogens with zero attached hydrogens (tertiary/aromatic N) is 2. The highest BCUT2D eigenvalue weighted by atomic mass is 127. The molecule has 0 unspecified atom stereocenters. The van der Waals surface area contributed by atoms with Crippen LogP contribution >= 0.6 is 22.6 Å². The molecule has 0 saturated heterocycles. The smallest absolute Gasteiger partial charge is 0.322 e. The summed E-state index contributed by atoms with van der Waals surface area (Å²) in [5, 5.41) is 9.04. The van der Waals surface area contributed by atoms with Crippen LogP contribution in [0.3, 0.4) is 0 Å². The van der Waals surface area contributed by atoms with Crippen LogP contribution in [0.1, 0.15) is 11.4 Å². The molecule has 1 N–H and O–H groups in total. The third-order valence-corrected chi connectivity index (χ3v) is 2.79. The highest BCUT2D eigenvalue weighted by molar-refractivity contribution is 14.1. The molecular weight excluding hydrogens is 331 g/mol. The number of benzene rings is 1. The molecular formula is C12H11IN2O2. The molecule has 0 spiro atoms. The topological polar surface area (TPSA) is 55.2 Å². The number of aliphatic hydroxyl groups is 1. The van der Waals surface area contributed by atoms with Gasteiger partial charge in [-0.05, 0) is 59.8 Å². The highest BCUT2D eigenvalue weighted by Crippen LogP contribution is 2.19. The molecule has 0 atom stereocenters. The maximum atomic E-state index is 9.04. The van der Waals surface area contributed by atoms with Crippen molar-refractivity contribution in [1.82, 2.24) is 9.97 Å². The Morgan fingerprint density at radius 3 is 2.59 bits per heavy atom. The zero-order valence-electron chi connectivity index (χ0n) is 9.22. The van der Waals surface area contributed by atoms with E-state index in [2.05, 4.69) is 32.6 Å². The van der Waals surface area contributed by atoms with Gasteiger partial charge in [-0.3, -0.25) is 0 Å². The summed E-state index contributed by atoms with van der Waals surface area (Å²) in [6, 6.07) is 9.58. The monoisotopic (exact) mass is 342 g/mol. The molecule has 1 aromatic carbocycles. The number of hydrogen-bond donors (Lipinski definition) is 1. The van der Waals surface area contributed by atoms with Gasteiger partial charge in [0, 0.05) is 9.26 Å². The van der Waals surface area contributed by atoms with Crippen LogP contribution in [0.4, 0.5) is 0 Å². The quantitative estimate of drug-likeness (QED) is 0.872. The second-order valence-corrected chi connectivity index (χ2v) is 4.74. The lowest BCUT2D eigenvalue weighted by molar-refractivity contribution is 0.274. The molecule has 0 saturated carbocycles. The largest absolute Gasteiger partial charge is 0.424 e. The normalized spacial score (nSPS) is 10.3. The molecule has 0 aliphatic heterocycles. The fraction of sp³-hybridized carbons (Fsp3) is 0.167. The molecule has 2 rings (SSSR count). The Kier molecular flexibility index (Phi) is 3.90. The Bertz CT molecular complexity index is 514. The maximum absolute atomic E-state index is 9.04. The average molecular weight is 342 g/mol. The van der Waals surface area contributed by atoms with Gasteiger partial charge in [0.25, 0.3) is 0 Å². The first-order valence-electron chi connectivity index (χ1n) is 5.06. The van der Waals surface area contributed by atoms with Crippen molar-refractivity contribution >= 4 is 22.6 Å². The zero-order valence-corrected chi connectivity index (χ0v) is 11.4. The summed E-state index contributed by atoms with van der Waals surface area (Å²) < 4.78 is 6.66. The molecule has 88 valence electrons. The number of hydrogen-bond acceptors (Lipinski definition) is 4. The molecule has 0 fully saturated rings. The van der Waals surface area contributed by atoms with E-state index in [4.69, 9.17) is 9.84 Å². The summed E-state index contributed by atoms with van der Waals surface area (Å²) in [5.74, 6) is 0.680. The fourth-order valence-corrected chi connectivity index (χ4v) is 1.70. The first-order chi connectivity index (χ1) is 8.17. The van der Waals surface area contributed by atoms with E-state index in [1.165, 1.54) is 0 Å². The van der Waals surface area contributed by atoms with E-state index in [-0.39, 0.29) is 12.6 Å². The van der Waals surface area contributed by atoms with E-state index in [9.17, 15) is 0 Å². The van der Waals surface area contributed by atoms with Gasteiger partial charge in [0.05, 0.1) is 12.3 Å². The molecule has 17 heavy (non-hydrogen) atoms. The van der Waals surface area contributed by atoms with Gasteiger partial charge in [-0.15, -0.1) is 0 Å². The van der Waals surface area contributed by atoms with Crippen molar-refractivity contribution in [2.45, 2.75) is 13.5 Å². The number of aromatic nitrogens is 2. The number of aryl methyl sites for hydroxylation is 1. The number of aliphatic hydroxyl groups excluding tert-OH is 1. The van der Waals surface area contributed by atoms with Crippen LogP contribution in [-0.2, 0) is 6.61 Å². The molecule has 1 aromatic heterocycles. The van der Waals surface area contributed by atoms with Crippen LogP contribution in [0.25, 0.3) is 0 Å². The predicted octanol–water partition coefficient (Wildman–Crippen LogP) is 2.67. The van der Waals surface area contributed by atoms with Gasteiger partial charge in [-0.25, -0.2) is 4.98 Å². The molecule has 2 aromatic rings. The Balaban J connectivity index is 2.23. The van der Waals surface area contributed by atoms with Gasteiger partial charge in [0.15, 0.2) is 0 Å². The average Bonchev–Trinajstić information content (AvgIpc) is 2.31. The van der Waals surface area contributed by atoms with E-state index in [0.717, 1.165) is 9.26 Å². The van der Waals surface area contributed by atoms with Crippen LogP contribution in [0.15, 0.2) is 30.3 Å². The van der Waals surface area contributed by atoms with Gasteiger partial charge in [0.2, 0.25) is 0 Å². The van der Waals surface area contributed by atoms with Crippen LogP contribution in [0, 0.1) is 10.5 Å². The minimum atomic E-state index is -0.119. The summed E-state index contributed by atoms with van der Waals surface area (Å²) in [5.41, 5.74) is 1.32. The van der Waals surface area contributed by atoms with Crippen LogP contribution in [0.2, 0.25) is 0 Å². The van der Waals surface area contributed by atoms with Crippen LogP contribution in [-0.4, -0.2) is 15.1 Å². The van der Waals surface area contributed by atoms with Crippen molar-refractivity contribution in [1.29, 1.82) is 0 Å². The van der Waals surface area contributed by atoms with E-state index in [1.807, 2.05) is 31.2 Å². The van der Waals surface area contributed by atoms with Crippen LogP contribution < -0.4 is 4.74 Å². The van der Waals surface area contributed by atoms with E-state index in [0.29, 0.717) is 11.4 Å². The lowest BCUT2D eigenvalue weighted by Gasteiger charge is -2.06. The van der Waals surface area contributed by atoms with Crippen molar-refractivity contribution in [2.75, 3.05) is 0 Å². The molecule has 0 radical (unpaired) electrons. The summed E-state index contributed by atoms with van der Waals surface area (Å²) in [4.78, 5) is 8.24. The Morgan fingerprint density at radius 2 is 1.94 bits per heavy atom. The van der Waals surface area contributed by atoms with Crippen molar-refractivity contribution in [3.8, 4) is 11.8 Å². The molecule has 4 nitrogen and oxygen atoms in total. The minimum Gasteiger partial charge on any atom is -0.424 e. The highest BCUT2D eigenvalue weighted by Gasteiger charge is 2.04. The van der Waals surface area contributed by atoms with Gasteiger partial charge < -0.3 is 9.84 Å². The van der Waals surface area contributed by atoms with Crippen molar-refractivity contribution < 1.29 is 9.84 Å². The molecule has 0 aliphatic carbocycles. The Morgan fingerprint density at radius 1 is 1.24 bits per heavy atom. The van der Waals surface area contributed by atoms with Crippen molar-refractivity contribution in [2.24, 2.45) is 0 Å². The Labute approximate surface area is 113 Å². The zero-order chi connectivity index (χ0) is 12.3. The molecule has 0 bridgehead atoms. The molecule has 5 heteroatoms. The molecule has 1 heterocycles. The van der Waals surface area contributed by atoms with Gasteiger partial charge in [0.1, 0.15) is 5.75 Å². The summed E-state index contributed by atoms with van der Waals surface area (Å²) in [6.07, 6.45) is 0. The second-order valence-electron chi connectivity index (χ2n) is 3.50. The predicted molar refractivity (Wildman–Crippen MR) is 71.9 cm³/mol. The summed E-state index contributed by atoms with van der Waals surface area (Å²) in [6.45, 7) is 1.72. The maximum Gasteiger partial charge on any atom is 0.322 e. The summed E-state index contributed by atoms with van der Waals surface area (Å²) in [7, 11) is 0. The first-order valence-corrected chi connectivity index (χ1v) is 6.14. The number of halogens is 1. The summed E-state index contributed by atoms with van der Waals surface area (Å²) >= 11 is 2.22. The van der Waals surface area contributed by atoms with Crippen molar-refractivity contribution in [3.05, 3.63) is 45.3 Å². The SMILES string of the molecule is Cc1cc(CO)nc(Oc2ccc(I)cc2)n1. The van der Waals surface area contributed by atoms with E-state index >= 15 is 0 Å². The van der Waals surface area contributed by atoms with Gasteiger partial charge in [-0.1, -0.05) is 0 Å². The lowest BCUT2D eigenvalue weighted by atomic mass is 10.3. The van der Waals surface area contributed by atoms with Gasteiger partial charge >= 0.3 is 6.01 Å². The third kappa shape index (κ3) is 3.37. The van der Waals surface area contributed by atoms with Crippen molar-refractivity contribution in [3.63, 3.8) is 0 Å². The standard InChI is InChI=1S/C12H11IN2O2/c1-8-6-10(7-16)15-12(14-8)17-11-4-2-9(13)3-5-11/h2-6,16H,7H2,1H3. The number of ether oxygens (including phenoxy) is 1. The third-order valence-electron chi connectivity index (χ3n) is 2.07. The first kappa shape index (κ1) is 12.3. The Hall–Kier alpha value is -1.21. The van der Waals surface area contributed by atoms with Gasteiger partial charge in [-0.2, -0.15) is 4.98 Å². The van der Waals surface area contributed by atoms with E-state index in [1.54, 1.807) is 6.07 Å². The van der Waals surface area contributed by atoms with E-state index < -0.39 is 0 Å². The fourth-order valence-electron chi connectivity index (χ4n) is 1.34.